The maximum Gasteiger partial charge on any atom is 0.277 e. The highest BCUT2D eigenvalue weighted by Crippen LogP contribution is 2.21. The number of halogens is 1. The summed E-state index contributed by atoms with van der Waals surface area (Å²) in [6.07, 6.45) is 1.91. The Kier molecular flexibility index (Phi) is 6.68. The van der Waals surface area contributed by atoms with Crippen molar-refractivity contribution >= 4 is 29.4 Å². The zero-order valence-electron chi connectivity index (χ0n) is 14.4. The zero-order valence-corrected chi connectivity index (χ0v) is 15.1. The van der Waals surface area contributed by atoms with Gasteiger partial charge in [0.15, 0.2) is 6.61 Å². The first-order chi connectivity index (χ1) is 12.4. The van der Waals surface area contributed by atoms with Crippen molar-refractivity contribution in [3.63, 3.8) is 0 Å². The largest absolute Gasteiger partial charge is 0.484 e. The summed E-state index contributed by atoms with van der Waals surface area (Å²) in [5.41, 5.74) is 4.35. The molecule has 1 N–H and O–H groups in total. The Hall–Kier alpha value is -2.93. The number of aryl methyl sites for hydroxylation is 2. The number of nitro groups is 1. The Morgan fingerprint density at radius 1 is 1.35 bits per heavy atom. The van der Waals surface area contributed by atoms with E-state index in [-0.39, 0.29) is 12.3 Å². The van der Waals surface area contributed by atoms with Gasteiger partial charge in [-0.25, -0.2) is 5.43 Å². The number of ether oxygens (including phenoxy) is 1. The summed E-state index contributed by atoms with van der Waals surface area (Å²) < 4.78 is 5.35. The number of hydrogen-bond donors (Lipinski definition) is 1. The molecule has 2 aromatic rings. The van der Waals surface area contributed by atoms with Crippen LogP contribution in [0.2, 0.25) is 5.02 Å². The molecule has 0 bridgehead atoms. The number of carbonyl (C=O) groups excluding carboxylic acids is 1. The highest BCUT2D eigenvalue weighted by molar-refractivity contribution is 6.31. The third-order valence-electron chi connectivity index (χ3n) is 3.59. The first-order valence-corrected chi connectivity index (χ1v) is 8.26. The van der Waals surface area contributed by atoms with E-state index in [0.29, 0.717) is 28.3 Å². The molecular formula is C18H18ClN3O4. The topological polar surface area (TPSA) is 93.8 Å². The molecule has 136 valence electrons. The lowest BCUT2D eigenvalue weighted by Crippen LogP contribution is -2.24. The van der Waals surface area contributed by atoms with Gasteiger partial charge in [-0.15, -0.1) is 0 Å². The molecule has 0 aliphatic carbocycles. The van der Waals surface area contributed by atoms with E-state index in [1.807, 2.05) is 13.8 Å². The predicted molar refractivity (Wildman–Crippen MR) is 99.9 cm³/mol. The van der Waals surface area contributed by atoms with Crippen LogP contribution in [0.1, 0.15) is 23.6 Å². The molecule has 0 aliphatic rings. The Labute approximate surface area is 155 Å². The van der Waals surface area contributed by atoms with Gasteiger partial charge < -0.3 is 4.74 Å². The molecule has 0 heterocycles. The number of nitrogens with one attached hydrogen (secondary N) is 1. The molecule has 0 aromatic heterocycles. The first-order valence-electron chi connectivity index (χ1n) is 7.89. The maximum absolute atomic E-state index is 11.7. The van der Waals surface area contributed by atoms with Crippen molar-refractivity contribution in [3.8, 4) is 5.75 Å². The van der Waals surface area contributed by atoms with Crippen molar-refractivity contribution < 1.29 is 14.5 Å². The van der Waals surface area contributed by atoms with Gasteiger partial charge in [0, 0.05) is 22.2 Å². The van der Waals surface area contributed by atoms with Crippen molar-refractivity contribution in [2.75, 3.05) is 6.61 Å². The smallest absolute Gasteiger partial charge is 0.277 e. The van der Waals surface area contributed by atoms with Crippen LogP contribution in [0.4, 0.5) is 5.69 Å². The van der Waals surface area contributed by atoms with Gasteiger partial charge in [-0.3, -0.25) is 14.9 Å². The van der Waals surface area contributed by atoms with Gasteiger partial charge in [-0.2, -0.15) is 5.10 Å². The molecule has 26 heavy (non-hydrogen) atoms. The summed E-state index contributed by atoms with van der Waals surface area (Å²) in [6.45, 7) is 3.47. The van der Waals surface area contributed by atoms with Crippen LogP contribution in [0.5, 0.6) is 5.75 Å². The third kappa shape index (κ3) is 5.29. The average Bonchev–Trinajstić information content (AvgIpc) is 2.62. The van der Waals surface area contributed by atoms with Gasteiger partial charge in [0.05, 0.1) is 11.1 Å². The number of hydrogen-bond acceptors (Lipinski definition) is 5. The minimum atomic E-state index is -0.450. The van der Waals surface area contributed by atoms with Crippen molar-refractivity contribution in [1.29, 1.82) is 0 Å². The monoisotopic (exact) mass is 375 g/mol. The number of hydrazone groups is 1. The third-order valence-corrected chi connectivity index (χ3v) is 4.01. The van der Waals surface area contributed by atoms with Crippen LogP contribution < -0.4 is 10.2 Å². The van der Waals surface area contributed by atoms with Crippen molar-refractivity contribution in [2.24, 2.45) is 5.10 Å². The summed E-state index contributed by atoms with van der Waals surface area (Å²) in [4.78, 5) is 22.4. The summed E-state index contributed by atoms with van der Waals surface area (Å²) in [5, 5.41) is 15.5. The van der Waals surface area contributed by atoms with Gasteiger partial charge in [-0.05, 0) is 37.1 Å². The molecular weight excluding hydrogens is 358 g/mol. The summed E-state index contributed by atoms with van der Waals surface area (Å²) in [6, 6.07) is 9.88. The molecule has 0 aliphatic heterocycles. The number of nitrogens with zero attached hydrogens (tertiary/aromatic N) is 2. The Bertz CT molecular complexity index is 852. The average molecular weight is 376 g/mol. The fourth-order valence-corrected chi connectivity index (χ4v) is 2.31. The lowest BCUT2D eigenvalue weighted by atomic mass is 10.1. The van der Waals surface area contributed by atoms with E-state index < -0.39 is 10.8 Å². The molecule has 0 fully saturated rings. The van der Waals surface area contributed by atoms with Crippen LogP contribution in [0.3, 0.4) is 0 Å². The molecule has 2 aromatic carbocycles. The standard InChI is InChI=1S/C18H18ClN3O4/c1-3-14-5-4-13(9-17(14)22(24)25)10-20-21-18(23)11-26-15-6-7-16(19)12(2)8-15/h4-10H,3,11H2,1-2H3,(H,21,23)/b20-10-. The maximum atomic E-state index is 11.7. The molecule has 0 radical (unpaired) electrons. The molecule has 0 atom stereocenters. The molecule has 0 saturated carbocycles. The van der Waals surface area contributed by atoms with Crippen molar-refractivity contribution in [2.45, 2.75) is 20.3 Å². The Morgan fingerprint density at radius 3 is 2.77 bits per heavy atom. The lowest BCUT2D eigenvalue weighted by molar-refractivity contribution is -0.385. The van der Waals surface area contributed by atoms with E-state index in [9.17, 15) is 14.9 Å². The highest BCUT2D eigenvalue weighted by atomic mass is 35.5. The number of nitro benzene ring substituents is 1. The first kappa shape index (κ1) is 19.4. The van der Waals surface area contributed by atoms with Crippen LogP contribution in [0.15, 0.2) is 41.5 Å². The van der Waals surface area contributed by atoms with E-state index in [2.05, 4.69) is 10.5 Å². The summed E-state index contributed by atoms with van der Waals surface area (Å²) in [7, 11) is 0. The number of benzene rings is 2. The minimum absolute atomic E-state index is 0.0317. The second-order valence-corrected chi connectivity index (χ2v) is 5.90. The molecule has 1 amide bonds. The van der Waals surface area contributed by atoms with E-state index in [1.165, 1.54) is 12.3 Å². The van der Waals surface area contributed by atoms with Crippen LogP contribution in [0, 0.1) is 17.0 Å². The van der Waals surface area contributed by atoms with Gasteiger partial charge in [0.2, 0.25) is 0 Å². The van der Waals surface area contributed by atoms with Gasteiger partial charge in [-0.1, -0.05) is 30.7 Å². The van der Waals surface area contributed by atoms with E-state index >= 15 is 0 Å². The van der Waals surface area contributed by atoms with E-state index in [1.54, 1.807) is 30.3 Å². The molecule has 8 heteroatoms. The second kappa shape index (κ2) is 8.96. The fraction of sp³-hybridized carbons (Fsp3) is 0.222. The van der Waals surface area contributed by atoms with E-state index in [0.717, 1.165) is 5.56 Å². The molecule has 7 nitrogen and oxygen atoms in total. The second-order valence-electron chi connectivity index (χ2n) is 5.49. The Morgan fingerprint density at radius 2 is 2.12 bits per heavy atom. The van der Waals surface area contributed by atoms with Gasteiger partial charge in [0.25, 0.3) is 11.6 Å². The highest BCUT2D eigenvalue weighted by Gasteiger charge is 2.12. The number of carbonyl (C=O) groups is 1. The molecule has 0 saturated heterocycles. The van der Waals surface area contributed by atoms with Crippen LogP contribution >= 0.6 is 11.6 Å². The molecule has 0 unspecified atom stereocenters. The predicted octanol–water partition coefficient (Wildman–Crippen LogP) is 3.65. The molecule has 0 spiro atoms. The minimum Gasteiger partial charge on any atom is -0.484 e. The van der Waals surface area contributed by atoms with Crippen molar-refractivity contribution in [1.82, 2.24) is 5.43 Å². The van der Waals surface area contributed by atoms with Crippen LogP contribution in [-0.4, -0.2) is 23.7 Å². The van der Waals surface area contributed by atoms with Crippen molar-refractivity contribution in [3.05, 3.63) is 68.2 Å². The lowest BCUT2D eigenvalue weighted by Gasteiger charge is -2.06. The number of amides is 1. The Balaban J connectivity index is 1.91. The van der Waals surface area contributed by atoms with Gasteiger partial charge >= 0.3 is 0 Å². The quantitative estimate of drug-likeness (QED) is 0.454. The summed E-state index contributed by atoms with van der Waals surface area (Å²) in [5.74, 6) is 0.0744. The van der Waals surface area contributed by atoms with Crippen LogP contribution in [-0.2, 0) is 11.2 Å². The van der Waals surface area contributed by atoms with Crippen LogP contribution in [0.25, 0.3) is 0 Å². The fourth-order valence-electron chi connectivity index (χ4n) is 2.20. The molecule has 2 rings (SSSR count). The van der Waals surface area contributed by atoms with E-state index in [4.69, 9.17) is 16.3 Å². The summed E-state index contributed by atoms with van der Waals surface area (Å²) >= 11 is 5.92. The number of rotatable bonds is 7. The SMILES string of the molecule is CCc1ccc(/C=N\NC(=O)COc2ccc(Cl)c(C)c2)cc1[N+](=O)[O-]. The normalized spacial score (nSPS) is 10.7. The van der Waals surface area contributed by atoms with Gasteiger partial charge in [0.1, 0.15) is 5.75 Å². The zero-order chi connectivity index (χ0) is 19.1.